The van der Waals surface area contributed by atoms with Crippen LogP contribution < -0.4 is 5.32 Å². The van der Waals surface area contributed by atoms with Crippen LogP contribution in [0.3, 0.4) is 0 Å². The predicted octanol–water partition coefficient (Wildman–Crippen LogP) is 1.93. The maximum atomic E-state index is 4.33. The van der Waals surface area contributed by atoms with Crippen LogP contribution in [0, 0.1) is 5.41 Å². The molecule has 0 radical (unpaired) electrons. The molecule has 1 aromatic heterocycles. The molecule has 82 valence electrons. The Morgan fingerprint density at radius 3 is 2.93 bits per heavy atom. The monoisotopic (exact) mass is 205 g/mol. The second kappa shape index (κ2) is 3.08. The Morgan fingerprint density at radius 2 is 2.33 bits per heavy atom. The number of nitrogens with zero attached hydrogens (tertiary/aromatic N) is 2. The topological polar surface area (TPSA) is 29.9 Å². The molecule has 1 saturated heterocycles. The van der Waals surface area contributed by atoms with E-state index in [-0.39, 0.29) is 0 Å². The Bertz CT molecular complexity index is 341. The fraction of sp³-hybridized carbons (Fsp3) is 0.750. The molecule has 0 spiro atoms. The van der Waals surface area contributed by atoms with Gasteiger partial charge in [-0.05, 0) is 24.8 Å². The quantitative estimate of drug-likeness (QED) is 0.799. The number of hydrogen-bond acceptors (Lipinski definition) is 2. The van der Waals surface area contributed by atoms with Gasteiger partial charge in [-0.25, -0.2) is 4.98 Å². The van der Waals surface area contributed by atoms with Gasteiger partial charge in [-0.2, -0.15) is 0 Å². The lowest BCUT2D eigenvalue weighted by Gasteiger charge is -2.14. The van der Waals surface area contributed by atoms with E-state index >= 15 is 0 Å². The number of nitrogens with one attached hydrogen (secondary N) is 1. The van der Waals surface area contributed by atoms with Gasteiger partial charge in [0.2, 0.25) is 0 Å². The summed E-state index contributed by atoms with van der Waals surface area (Å²) in [5, 5.41) is 3.43. The number of aromatic nitrogens is 2. The number of hydrogen-bond donors (Lipinski definition) is 1. The minimum atomic E-state index is 0.488. The van der Waals surface area contributed by atoms with E-state index in [0.29, 0.717) is 17.4 Å². The largest absolute Gasteiger partial charge is 0.331 e. The molecule has 2 unspecified atom stereocenters. The van der Waals surface area contributed by atoms with Crippen LogP contribution in [0.5, 0.6) is 0 Å². The van der Waals surface area contributed by atoms with Gasteiger partial charge in [0.1, 0.15) is 0 Å². The minimum Gasteiger partial charge on any atom is -0.331 e. The molecule has 1 aromatic rings. The van der Waals surface area contributed by atoms with Crippen LogP contribution in [0.4, 0.5) is 0 Å². The Kier molecular flexibility index (Phi) is 1.93. The Hall–Kier alpha value is -0.830. The van der Waals surface area contributed by atoms with Crippen molar-refractivity contribution in [1.82, 2.24) is 14.9 Å². The summed E-state index contributed by atoms with van der Waals surface area (Å²) < 4.78 is 2.41. The molecule has 1 N–H and O–H groups in total. The highest BCUT2D eigenvalue weighted by Crippen LogP contribution is 2.56. The van der Waals surface area contributed by atoms with E-state index in [4.69, 9.17) is 0 Å². The van der Waals surface area contributed by atoms with Crippen LogP contribution in [-0.4, -0.2) is 22.6 Å². The van der Waals surface area contributed by atoms with Crippen LogP contribution in [-0.2, 0) is 0 Å². The highest BCUT2D eigenvalue weighted by Gasteiger charge is 2.48. The third kappa shape index (κ3) is 1.49. The van der Waals surface area contributed by atoms with Crippen molar-refractivity contribution < 1.29 is 0 Å². The summed E-state index contributed by atoms with van der Waals surface area (Å²) in [6.07, 6.45) is 6.65. The summed E-state index contributed by atoms with van der Waals surface area (Å²) in [4.78, 5) is 4.33. The Morgan fingerprint density at radius 1 is 1.53 bits per heavy atom. The van der Waals surface area contributed by atoms with Crippen molar-refractivity contribution >= 4 is 0 Å². The zero-order chi connectivity index (χ0) is 10.5. The highest BCUT2D eigenvalue weighted by molar-refractivity contribution is 5.15. The van der Waals surface area contributed by atoms with Gasteiger partial charge in [0.25, 0.3) is 0 Å². The van der Waals surface area contributed by atoms with Gasteiger partial charge >= 0.3 is 0 Å². The molecule has 1 aliphatic carbocycles. The fourth-order valence-corrected chi connectivity index (χ4v) is 2.71. The Labute approximate surface area is 90.9 Å². The first-order valence-corrected chi connectivity index (χ1v) is 5.91. The standard InChI is InChI=1S/C12H19N3/c1-12(2)5-11(12)15-8-14-7-10(15)9-3-4-13-6-9/h7-9,11,13H,3-6H2,1-2H3. The summed E-state index contributed by atoms with van der Waals surface area (Å²) in [5.74, 6) is 0.684. The van der Waals surface area contributed by atoms with Crippen molar-refractivity contribution in [3.05, 3.63) is 18.2 Å². The molecule has 3 rings (SSSR count). The summed E-state index contributed by atoms with van der Waals surface area (Å²) >= 11 is 0. The average Bonchev–Trinajstić information content (AvgIpc) is 2.73. The minimum absolute atomic E-state index is 0.488. The molecule has 1 saturated carbocycles. The molecule has 0 aromatic carbocycles. The third-order valence-corrected chi connectivity index (χ3v) is 3.97. The van der Waals surface area contributed by atoms with Gasteiger partial charge in [-0.1, -0.05) is 13.8 Å². The second-order valence-electron chi connectivity index (χ2n) is 5.62. The first-order valence-electron chi connectivity index (χ1n) is 5.91. The molecule has 15 heavy (non-hydrogen) atoms. The zero-order valence-electron chi connectivity index (χ0n) is 9.53. The van der Waals surface area contributed by atoms with Crippen LogP contribution >= 0.6 is 0 Å². The van der Waals surface area contributed by atoms with E-state index in [1.54, 1.807) is 0 Å². The SMILES string of the molecule is CC1(C)CC1n1cncc1C1CCNC1. The van der Waals surface area contributed by atoms with Crippen molar-refractivity contribution in [2.24, 2.45) is 5.41 Å². The van der Waals surface area contributed by atoms with Crippen LogP contribution in [0.15, 0.2) is 12.5 Å². The van der Waals surface area contributed by atoms with E-state index in [1.807, 2.05) is 6.33 Å². The summed E-state index contributed by atoms with van der Waals surface area (Å²) in [6.45, 7) is 6.96. The number of rotatable bonds is 2. The number of imidazole rings is 1. The molecular weight excluding hydrogens is 186 g/mol. The van der Waals surface area contributed by atoms with Gasteiger partial charge in [0, 0.05) is 30.4 Å². The molecule has 3 nitrogen and oxygen atoms in total. The van der Waals surface area contributed by atoms with Gasteiger partial charge in [-0.3, -0.25) is 0 Å². The molecular formula is C12H19N3. The maximum Gasteiger partial charge on any atom is 0.0951 e. The van der Waals surface area contributed by atoms with E-state index in [9.17, 15) is 0 Å². The fourth-order valence-electron chi connectivity index (χ4n) is 2.71. The van der Waals surface area contributed by atoms with Crippen molar-refractivity contribution in [2.75, 3.05) is 13.1 Å². The van der Waals surface area contributed by atoms with Gasteiger partial charge in [0.15, 0.2) is 0 Å². The van der Waals surface area contributed by atoms with Gasteiger partial charge in [0.05, 0.1) is 6.33 Å². The molecule has 2 fully saturated rings. The van der Waals surface area contributed by atoms with E-state index < -0.39 is 0 Å². The zero-order valence-corrected chi connectivity index (χ0v) is 9.53. The van der Waals surface area contributed by atoms with Crippen molar-refractivity contribution in [1.29, 1.82) is 0 Å². The predicted molar refractivity (Wildman–Crippen MR) is 59.9 cm³/mol. The lowest BCUT2D eigenvalue weighted by molar-refractivity contribution is 0.517. The van der Waals surface area contributed by atoms with E-state index in [2.05, 4.69) is 34.9 Å². The van der Waals surface area contributed by atoms with E-state index in [0.717, 1.165) is 13.1 Å². The third-order valence-electron chi connectivity index (χ3n) is 3.97. The molecule has 3 heteroatoms. The molecule has 1 aliphatic heterocycles. The highest BCUT2D eigenvalue weighted by atomic mass is 15.1. The van der Waals surface area contributed by atoms with Crippen LogP contribution in [0.1, 0.15) is 44.3 Å². The molecule has 0 amide bonds. The van der Waals surface area contributed by atoms with Gasteiger partial charge in [-0.15, -0.1) is 0 Å². The second-order valence-corrected chi connectivity index (χ2v) is 5.62. The summed E-state index contributed by atoms with van der Waals surface area (Å²) in [5.41, 5.74) is 1.93. The smallest absolute Gasteiger partial charge is 0.0951 e. The van der Waals surface area contributed by atoms with Crippen molar-refractivity contribution in [2.45, 2.75) is 38.6 Å². The first-order chi connectivity index (χ1) is 7.18. The molecule has 2 aliphatic rings. The average molecular weight is 205 g/mol. The molecule has 0 bridgehead atoms. The van der Waals surface area contributed by atoms with Crippen LogP contribution in [0.2, 0.25) is 0 Å². The van der Waals surface area contributed by atoms with Gasteiger partial charge < -0.3 is 9.88 Å². The maximum absolute atomic E-state index is 4.33. The normalized spacial score (nSPS) is 33.2. The molecule has 2 heterocycles. The Balaban J connectivity index is 1.86. The first kappa shape index (κ1) is 9.40. The van der Waals surface area contributed by atoms with Crippen molar-refractivity contribution in [3.8, 4) is 0 Å². The summed E-state index contributed by atoms with van der Waals surface area (Å²) in [6, 6.07) is 0.690. The van der Waals surface area contributed by atoms with Crippen molar-refractivity contribution in [3.63, 3.8) is 0 Å². The molecule has 2 atom stereocenters. The van der Waals surface area contributed by atoms with Crippen LogP contribution in [0.25, 0.3) is 0 Å². The lowest BCUT2D eigenvalue weighted by Crippen LogP contribution is -2.12. The van der Waals surface area contributed by atoms with E-state index in [1.165, 1.54) is 18.5 Å². The lowest BCUT2D eigenvalue weighted by atomic mass is 10.1. The summed E-state index contributed by atoms with van der Waals surface area (Å²) in [7, 11) is 0.